The van der Waals surface area contributed by atoms with E-state index in [0.29, 0.717) is 11.7 Å². The summed E-state index contributed by atoms with van der Waals surface area (Å²) in [5.74, 6) is 0.612. The quantitative estimate of drug-likeness (QED) is 0.587. The van der Waals surface area contributed by atoms with E-state index in [-0.39, 0.29) is 6.54 Å². The lowest BCUT2D eigenvalue weighted by molar-refractivity contribution is -0.132. The molecule has 0 bridgehead atoms. The number of hydrogen-bond acceptors (Lipinski definition) is 3. The van der Waals surface area contributed by atoms with Crippen molar-refractivity contribution < 1.29 is 9.53 Å². The predicted molar refractivity (Wildman–Crippen MR) is 55.2 cm³/mol. The molecule has 76 valence electrons. The fourth-order valence-electron chi connectivity index (χ4n) is 1.09. The van der Waals surface area contributed by atoms with E-state index < -0.39 is 5.97 Å². The number of benzene rings is 1. The molecule has 14 heavy (non-hydrogen) atoms. The van der Waals surface area contributed by atoms with Gasteiger partial charge in [0.15, 0.2) is 0 Å². The molecule has 0 unspecified atom stereocenters. The van der Waals surface area contributed by atoms with Gasteiger partial charge in [0.25, 0.3) is 0 Å². The van der Waals surface area contributed by atoms with Crippen molar-refractivity contribution >= 4 is 5.97 Å². The first-order valence-electron chi connectivity index (χ1n) is 4.64. The van der Waals surface area contributed by atoms with Gasteiger partial charge in [-0.1, -0.05) is 26.0 Å². The molecule has 0 spiro atoms. The van der Waals surface area contributed by atoms with Gasteiger partial charge < -0.3 is 10.5 Å². The summed E-state index contributed by atoms with van der Waals surface area (Å²) in [4.78, 5) is 10.9. The third-order valence-corrected chi connectivity index (χ3v) is 1.95. The van der Waals surface area contributed by atoms with Crippen LogP contribution in [0.5, 0.6) is 5.75 Å². The Balaban J connectivity index is 2.69. The van der Waals surface area contributed by atoms with Crippen LogP contribution in [0.15, 0.2) is 24.3 Å². The Morgan fingerprint density at radius 1 is 1.36 bits per heavy atom. The largest absolute Gasteiger partial charge is 0.426 e. The van der Waals surface area contributed by atoms with Crippen LogP contribution in [0.25, 0.3) is 0 Å². The number of hydrogen-bond donors (Lipinski definition) is 1. The molecule has 0 aliphatic rings. The van der Waals surface area contributed by atoms with Gasteiger partial charge in [-0.05, 0) is 23.6 Å². The van der Waals surface area contributed by atoms with Crippen LogP contribution in [0.1, 0.15) is 25.3 Å². The Morgan fingerprint density at radius 2 is 1.93 bits per heavy atom. The van der Waals surface area contributed by atoms with Crippen LogP contribution in [0.4, 0.5) is 0 Å². The first-order chi connectivity index (χ1) is 6.63. The van der Waals surface area contributed by atoms with Gasteiger partial charge in [0.05, 0.1) is 6.54 Å². The van der Waals surface area contributed by atoms with Crippen molar-refractivity contribution in [1.29, 1.82) is 0 Å². The monoisotopic (exact) mass is 193 g/mol. The second-order valence-corrected chi connectivity index (χ2v) is 3.40. The molecule has 0 saturated carbocycles. The smallest absolute Gasteiger partial charge is 0.325 e. The van der Waals surface area contributed by atoms with Gasteiger partial charge >= 0.3 is 5.97 Å². The summed E-state index contributed by atoms with van der Waals surface area (Å²) in [5.41, 5.74) is 6.34. The molecule has 1 aromatic carbocycles. The molecular formula is C11H15NO2. The predicted octanol–water partition coefficient (Wildman–Crippen LogP) is 1.67. The van der Waals surface area contributed by atoms with Gasteiger partial charge in [-0.2, -0.15) is 0 Å². The first-order valence-corrected chi connectivity index (χ1v) is 4.64. The van der Waals surface area contributed by atoms with Crippen molar-refractivity contribution in [2.75, 3.05) is 6.54 Å². The average molecular weight is 193 g/mol. The van der Waals surface area contributed by atoms with E-state index in [2.05, 4.69) is 13.8 Å². The third-order valence-electron chi connectivity index (χ3n) is 1.95. The van der Waals surface area contributed by atoms with Gasteiger partial charge in [-0.3, -0.25) is 4.79 Å². The van der Waals surface area contributed by atoms with Crippen molar-refractivity contribution in [3.05, 3.63) is 29.8 Å². The van der Waals surface area contributed by atoms with Crippen LogP contribution in [-0.4, -0.2) is 12.5 Å². The molecule has 0 amide bonds. The van der Waals surface area contributed by atoms with Crippen LogP contribution in [-0.2, 0) is 4.79 Å². The zero-order chi connectivity index (χ0) is 10.6. The second-order valence-electron chi connectivity index (χ2n) is 3.40. The highest BCUT2D eigenvalue weighted by Gasteiger charge is 2.02. The van der Waals surface area contributed by atoms with Crippen molar-refractivity contribution in [1.82, 2.24) is 0 Å². The molecule has 0 aliphatic heterocycles. The fraction of sp³-hybridized carbons (Fsp3) is 0.364. The molecule has 3 heteroatoms. The Labute approximate surface area is 83.9 Å². The van der Waals surface area contributed by atoms with Gasteiger partial charge in [0.2, 0.25) is 0 Å². The molecule has 0 atom stereocenters. The molecule has 2 N–H and O–H groups in total. The van der Waals surface area contributed by atoms with Crippen LogP contribution < -0.4 is 10.5 Å². The summed E-state index contributed by atoms with van der Waals surface area (Å²) < 4.78 is 4.93. The second kappa shape index (κ2) is 4.77. The van der Waals surface area contributed by atoms with E-state index >= 15 is 0 Å². The summed E-state index contributed by atoms with van der Waals surface area (Å²) in [6.07, 6.45) is 0. The van der Waals surface area contributed by atoms with Gasteiger partial charge in [0.1, 0.15) is 5.75 Å². The number of carbonyl (C=O) groups excluding carboxylic acids is 1. The minimum atomic E-state index is -0.415. The zero-order valence-electron chi connectivity index (χ0n) is 8.49. The minimum Gasteiger partial charge on any atom is -0.426 e. The number of esters is 1. The summed E-state index contributed by atoms with van der Waals surface area (Å²) in [5, 5.41) is 0. The van der Waals surface area contributed by atoms with E-state index in [4.69, 9.17) is 10.5 Å². The fourth-order valence-corrected chi connectivity index (χ4v) is 1.09. The maximum absolute atomic E-state index is 10.9. The third kappa shape index (κ3) is 2.85. The maximum atomic E-state index is 10.9. The molecule has 0 saturated heterocycles. The summed E-state index contributed by atoms with van der Waals surface area (Å²) in [6, 6.07) is 7.46. The Hall–Kier alpha value is -1.35. The van der Waals surface area contributed by atoms with E-state index in [1.165, 1.54) is 5.56 Å². The Kier molecular flexibility index (Phi) is 3.65. The number of nitrogens with two attached hydrogens (primary N) is 1. The van der Waals surface area contributed by atoms with Crippen molar-refractivity contribution in [3.63, 3.8) is 0 Å². The minimum absolute atomic E-state index is 0.0913. The number of ether oxygens (including phenoxy) is 1. The molecular weight excluding hydrogens is 178 g/mol. The van der Waals surface area contributed by atoms with Crippen molar-refractivity contribution in [2.45, 2.75) is 19.8 Å². The lowest BCUT2D eigenvalue weighted by Crippen LogP contribution is -2.19. The van der Waals surface area contributed by atoms with Gasteiger partial charge in [-0.15, -0.1) is 0 Å². The summed E-state index contributed by atoms with van der Waals surface area (Å²) in [7, 11) is 0. The molecule has 0 aliphatic carbocycles. The van der Waals surface area contributed by atoms with Gasteiger partial charge in [0, 0.05) is 0 Å². The number of rotatable bonds is 3. The van der Waals surface area contributed by atoms with E-state index in [9.17, 15) is 4.79 Å². The highest BCUT2D eigenvalue weighted by atomic mass is 16.5. The van der Waals surface area contributed by atoms with Crippen molar-refractivity contribution in [3.8, 4) is 5.75 Å². The Morgan fingerprint density at radius 3 is 2.36 bits per heavy atom. The first kappa shape index (κ1) is 10.7. The highest BCUT2D eigenvalue weighted by Crippen LogP contribution is 2.18. The average Bonchev–Trinajstić information content (AvgIpc) is 2.18. The highest BCUT2D eigenvalue weighted by molar-refractivity contribution is 5.74. The zero-order valence-corrected chi connectivity index (χ0v) is 8.49. The molecule has 0 fully saturated rings. The summed E-state index contributed by atoms with van der Waals surface area (Å²) >= 11 is 0. The SMILES string of the molecule is CC(C)c1ccc(OC(=O)CN)cc1. The molecule has 1 aromatic rings. The standard InChI is InChI=1S/C11H15NO2/c1-8(2)9-3-5-10(6-4-9)14-11(13)7-12/h3-6,8H,7,12H2,1-2H3. The van der Waals surface area contributed by atoms with Gasteiger partial charge in [-0.25, -0.2) is 0 Å². The topological polar surface area (TPSA) is 52.3 Å². The van der Waals surface area contributed by atoms with E-state index in [1.807, 2.05) is 12.1 Å². The van der Waals surface area contributed by atoms with E-state index in [1.54, 1.807) is 12.1 Å². The lowest BCUT2D eigenvalue weighted by atomic mass is 10.0. The van der Waals surface area contributed by atoms with Crippen LogP contribution in [0.2, 0.25) is 0 Å². The Bertz CT molecular complexity index is 304. The normalized spacial score (nSPS) is 10.3. The van der Waals surface area contributed by atoms with E-state index in [0.717, 1.165) is 0 Å². The van der Waals surface area contributed by atoms with Crippen LogP contribution >= 0.6 is 0 Å². The van der Waals surface area contributed by atoms with Crippen LogP contribution in [0.3, 0.4) is 0 Å². The molecule has 3 nitrogen and oxygen atoms in total. The lowest BCUT2D eigenvalue weighted by Gasteiger charge is -2.06. The molecule has 0 aromatic heterocycles. The van der Waals surface area contributed by atoms with Crippen molar-refractivity contribution in [2.24, 2.45) is 5.73 Å². The number of carbonyl (C=O) groups is 1. The summed E-state index contributed by atoms with van der Waals surface area (Å²) in [6.45, 7) is 4.13. The van der Waals surface area contributed by atoms with Crippen LogP contribution in [0, 0.1) is 0 Å². The molecule has 0 heterocycles. The molecule has 1 rings (SSSR count). The maximum Gasteiger partial charge on any atom is 0.325 e. The molecule has 0 radical (unpaired) electrons.